The second-order valence-electron chi connectivity index (χ2n) is 3.45. The molecule has 4 nitrogen and oxygen atoms in total. The van der Waals surface area contributed by atoms with Crippen LogP contribution in [-0.4, -0.2) is 34.5 Å². The molecule has 4 heteroatoms. The summed E-state index contributed by atoms with van der Waals surface area (Å²) in [6.07, 6.45) is -1.36. The minimum absolute atomic E-state index is 0.0462. The van der Waals surface area contributed by atoms with E-state index in [9.17, 15) is 9.59 Å². The highest BCUT2D eigenvalue weighted by Gasteiger charge is 2.15. The molecule has 1 atom stereocenters. The smallest absolute Gasteiger partial charge is 0.164 e. The lowest BCUT2D eigenvalue weighted by Gasteiger charge is -2.05. The van der Waals surface area contributed by atoms with Crippen LogP contribution in [0.1, 0.15) is 23.2 Å². The molecule has 0 saturated heterocycles. The lowest BCUT2D eigenvalue weighted by Crippen LogP contribution is -2.24. The quantitative estimate of drug-likeness (QED) is 0.690. The van der Waals surface area contributed by atoms with Crippen LogP contribution in [0, 0.1) is 0 Å². The van der Waals surface area contributed by atoms with Crippen molar-refractivity contribution < 1.29 is 19.8 Å². The van der Waals surface area contributed by atoms with Gasteiger partial charge in [-0.05, 0) is 0 Å². The molecule has 0 spiro atoms. The molecule has 1 aromatic carbocycles. The van der Waals surface area contributed by atoms with Gasteiger partial charge in [0.25, 0.3) is 0 Å². The Morgan fingerprint density at radius 1 is 1.12 bits per heavy atom. The topological polar surface area (TPSA) is 74.6 Å². The average Bonchev–Trinajstić information content (AvgIpc) is 2.35. The molecule has 0 fully saturated rings. The van der Waals surface area contributed by atoms with Crippen molar-refractivity contribution in [3.05, 3.63) is 35.9 Å². The first-order valence-corrected chi connectivity index (χ1v) is 5.05. The highest BCUT2D eigenvalue weighted by atomic mass is 16.3. The van der Waals surface area contributed by atoms with Crippen LogP contribution in [0.3, 0.4) is 0 Å². The average molecular weight is 222 g/mol. The Labute approximate surface area is 93.5 Å². The first-order chi connectivity index (χ1) is 7.65. The van der Waals surface area contributed by atoms with Crippen molar-refractivity contribution in [2.45, 2.75) is 18.9 Å². The summed E-state index contributed by atoms with van der Waals surface area (Å²) in [4.78, 5) is 22.7. The second-order valence-corrected chi connectivity index (χ2v) is 3.45. The molecule has 0 amide bonds. The van der Waals surface area contributed by atoms with Crippen LogP contribution in [0.15, 0.2) is 30.3 Å². The molecule has 1 rings (SSSR count). The maximum absolute atomic E-state index is 11.6. The van der Waals surface area contributed by atoms with Crippen molar-refractivity contribution in [1.82, 2.24) is 0 Å². The highest BCUT2D eigenvalue weighted by molar-refractivity contribution is 5.98. The zero-order chi connectivity index (χ0) is 12.0. The fourth-order valence-electron chi connectivity index (χ4n) is 1.27. The van der Waals surface area contributed by atoms with Crippen LogP contribution in [0.25, 0.3) is 0 Å². The monoisotopic (exact) mass is 222 g/mol. The van der Waals surface area contributed by atoms with Gasteiger partial charge in [0.2, 0.25) is 0 Å². The number of carbonyl (C=O) groups excluding carboxylic acids is 2. The third-order valence-electron chi connectivity index (χ3n) is 2.24. The fraction of sp³-hybridized carbons (Fsp3) is 0.333. The van der Waals surface area contributed by atoms with E-state index in [2.05, 4.69) is 0 Å². The van der Waals surface area contributed by atoms with E-state index in [1.165, 1.54) is 0 Å². The number of ketones is 2. The SMILES string of the molecule is O=C(CCC(=O)C(O)CO)c1ccccc1. The Balaban J connectivity index is 2.45. The van der Waals surface area contributed by atoms with Gasteiger partial charge in [-0.2, -0.15) is 0 Å². The first-order valence-electron chi connectivity index (χ1n) is 5.05. The van der Waals surface area contributed by atoms with Gasteiger partial charge in [-0.15, -0.1) is 0 Å². The Morgan fingerprint density at radius 2 is 1.75 bits per heavy atom. The van der Waals surface area contributed by atoms with Crippen LogP contribution in [0.4, 0.5) is 0 Å². The predicted octanol–water partition coefficient (Wildman–Crippen LogP) is 0.572. The third kappa shape index (κ3) is 3.56. The van der Waals surface area contributed by atoms with E-state index in [4.69, 9.17) is 10.2 Å². The number of benzene rings is 1. The van der Waals surface area contributed by atoms with E-state index in [1.54, 1.807) is 30.3 Å². The van der Waals surface area contributed by atoms with Gasteiger partial charge in [0.05, 0.1) is 6.61 Å². The Bertz CT molecular complexity index is 359. The van der Waals surface area contributed by atoms with Crippen LogP contribution in [-0.2, 0) is 4.79 Å². The van der Waals surface area contributed by atoms with Gasteiger partial charge < -0.3 is 10.2 Å². The molecule has 0 radical (unpaired) electrons. The Kier molecular flexibility index (Phi) is 4.82. The summed E-state index contributed by atoms with van der Waals surface area (Å²) in [5.41, 5.74) is 0.550. The second kappa shape index (κ2) is 6.15. The molecule has 0 heterocycles. The summed E-state index contributed by atoms with van der Waals surface area (Å²) in [7, 11) is 0. The molecule has 1 aromatic rings. The lowest BCUT2D eigenvalue weighted by molar-refractivity contribution is -0.128. The van der Waals surface area contributed by atoms with E-state index in [1.807, 2.05) is 0 Å². The van der Waals surface area contributed by atoms with Crippen molar-refractivity contribution in [1.29, 1.82) is 0 Å². The fourth-order valence-corrected chi connectivity index (χ4v) is 1.27. The summed E-state index contributed by atoms with van der Waals surface area (Å²) in [5, 5.41) is 17.5. The molecule has 0 aliphatic carbocycles. The summed E-state index contributed by atoms with van der Waals surface area (Å²) >= 11 is 0. The maximum Gasteiger partial charge on any atom is 0.164 e. The molecule has 1 unspecified atom stereocenters. The van der Waals surface area contributed by atoms with Gasteiger partial charge in [-0.25, -0.2) is 0 Å². The van der Waals surface area contributed by atoms with Crippen molar-refractivity contribution in [2.75, 3.05) is 6.61 Å². The van der Waals surface area contributed by atoms with Crippen molar-refractivity contribution in [3.63, 3.8) is 0 Å². The molecular weight excluding hydrogens is 208 g/mol. The van der Waals surface area contributed by atoms with E-state index in [0.717, 1.165) is 0 Å². The van der Waals surface area contributed by atoms with Crippen molar-refractivity contribution >= 4 is 11.6 Å². The number of carbonyl (C=O) groups is 2. The van der Waals surface area contributed by atoms with Gasteiger partial charge in [0.1, 0.15) is 6.10 Å². The van der Waals surface area contributed by atoms with Gasteiger partial charge in [0.15, 0.2) is 11.6 Å². The summed E-state index contributed by atoms with van der Waals surface area (Å²) in [6, 6.07) is 8.65. The largest absolute Gasteiger partial charge is 0.393 e. The summed E-state index contributed by atoms with van der Waals surface area (Å²) < 4.78 is 0. The third-order valence-corrected chi connectivity index (χ3v) is 2.24. The molecule has 16 heavy (non-hydrogen) atoms. The van der Waals surface area contributed by atoms with E-state index in [-0.39, 0.29) is 18.6 Å². The summed E-state index contributed by atoms with van der Waals surface area (Å²) in [5.74, 6) is -0.647. The number of hydrogen-bond donors (Lipinski definition) is 2. The zero-order valence-electron chi connectivity index (χ0n) is 8.80. The number of hydrogen-bond acceptors (Lipinski definition) is 4. The van der Waals surface area contributed by atoms with Gasteiger partial charge in [-0.1, -0.05) is 30.3 Å². The maximum atomic E-state index is 11.6. The van der Waals surface area contributed by atoms with Crippen LogP contribution < -0.4 is 0 Å². The number of Topliss-reactive ketones (excluding diaryl/α,β-unsaturated/α-hetero) is 2. The molecule has 0 bridgehead atoms. The van der Waals surface area contributed by atoms with Crippen LogP contribution >= 0.6 is 0 Å². The predicted molar refractivity (Wildman–Crippen MR) is 58.1 cm³/mol. The zero-order valence-corrected chi connectivity index (χ0v) is 8.80. The highest BCUT2D eigenvalue weighted by Crippen LogP contribution is 2.06. The number of rotatable bonds is 6. The van der Waals surface area contributed by atoms with Gasteiger partial charge >= 0.3 is 0 Å². The summed E-state index contributed by atoms with van der Waals surface area (Å²) in [6.45, 7) is -0.599. The van der Waals surface area contributed by atoms with Gasteiger partial charge in [-0.3, -0.25) is 9.59 Å². The van der Waals surface area contributed by atoms with Gasteiger partial charge in [0, 0.05) is 18.4 Å². The minimum Gasteiger partial charge on any atom is -0.393 e. The molecule has 2 N–H and O–H groups in total. The van der Waals surface area contributed by atoms with E-state index < -0.39 is 18.5 Å². The molecule has 0 aromatic heterocycles. The van der Waals surface area contributed by atoms with Crippen molar-refractivity contribution in [3.8, 4) is 0 Å². The number of aliphatic hydroxyl groups is 2. The van der Waals surface area contributed by atoms with E-state index in [0.29, 0.717) is 5.56 Å². The molecule has 0 aliphatic heterocycles. The Morgan fingerprint density at radius 3 is 2.31 bits per heavy atom. The molecule has 86 valence electrons. The Hall–Kier alpha value is -1.52. The normalized spacial score (nSPS) is 12.1. The van der Waals surface area contributed by atoms with Crippen molar-refractivity contribution in [2.24, 2.45) is 0 Å². The standard InChI is InChI=1S/C12H14O4/c13-8-12(16)11(15)7-6-10(14)9-4-2-1-3-5-9/h1-5,12-13,16H,6-8H2. The van der Waals surface area contributed by atoms with E-state index >= 15 is 0 Å². The van der Waals surface area contributed by atoms with Crippen LogP contribution in [0.2, 0.25) is 0 Å². The molecular formula is C12H14O4. The first kappa shape index (κ1) is 12.5. The number of aliphatic hydroxyl groups excluding tert-OH is 2. The molecule has 0 aliphatic rings. The molecule has 0 saturated carbocycles. The lowest BCUT2D eigenvalue weighted by atomic mass is 10.0. The minimum atomic E-state index is -1.37. The van der Waals surface area contributed by atoms with Crippen LogP contribution in [0.5, 0.6) is 0 Å².